The first kappa shape index (κ1) is 10.6. The van der Waals surface area contributed by atoms with Gasteiger partial charge in [-0.3, -0.25) is 4.79 Å². The number of amides is 1. The monoisotopic (exact) mass is 218 g/mol. The summed E-state index contributed by atoms with van der Waals surface area (Å²) in [6, 6.07) is -0.294. The second-order valence-electron chi connectivity index (χ2n) is 2.88. The van der Waals surface area contributed by atoms with E-state index in [4.69, 9.17) is 5.73 Å². The summed E-state index contributed by atoms with van der Waals surface area (Å²) in [6.45, 7) is 3.66. The SMILES string of the molecule is C=CC1=CN2C(=O)C(N)[C@H]2SC1.Cl. The van der Waals surface area contributed by atoms with E-state index in [1.165, 1.54) is 0 Å². The highest BCUT2D eigenvalue weighted by Gasteiger charge is 2.45. The summed E-state index contributed by atoms with van der Waals surface area (Å²) in [6.07, 6.45) is 3.63. The minimum Gasteiger partial charge on any atom is -0.317 e. The van der Waals surface area contributed by atoms with Crippen LogP contribution in [0.15, 0.2) is 24.4 Å². The Balaban J connectivity index is 0.000000845. The molecule has 13 heavy (non-hydrogen) atoms. The van der Waals surface area contributed by atoms with Crippen LogP contribution in [0.25, 0.3) is 0 Å². The smallest absolute Gasteiger partial charge is 0.247 e. The molecule has 0 aromatic rings. The minimum atomic E-state index is -0.294. The second kappa shape index (κ2) is 3.74. The molecule has 0 aromatic carbocycles. The number of carbonyl (C=O) groups excluding carboxylic acids is 1. The zero-order chi connectivity index (χ0) is 8.72. The van der Waals surface area contributed by atoms with Crippen LogP contribution >= 0.6 is 24.2 Å². The van der Waals surface area contributed by atoms with E-state index < -0.39 is 0 Å². The van der Waals surface area contributed by atoms with Crippen LogP contribution in [0.2, 0.25) is 0 Å². The van der Waals surface area contributed by atoms with Crippen LogP contribution in [-0.4, -0.2) is 28.0 Å². The Bertz CT molecular complexity index is 279. The number of hydrogen-bond donors (Lipinski definition) is 1. The molecule has 0 radical (unpaired) electrons. The van der Waals surface area contributed by atoms with Crippen molar-refractivity contribution >= 4 is 30.1 Å². The van der Waals surface area contributed by atoms with Gasteiger partial charge in [0, 0.05) is 12.0 Å². The van der Waals surface area contributed by atoms with E-state index in [-0.39, 0.29) is 29.7 Å². The molecule has 1 amide bonds. The summed E-state index contributed by atoms with van der Waals surface area (Å²) >= 11 is 1.70. The van der Waals surface area contributed by atoms with Crippen LogP contribution in [0.5, 0.6) is 0 Å². The average molecular weight is 219 g/mol. The van der Waals surface area contributed by atoms with Crippen LogP contribution in [0.1, 0.15) is 0 Å². The molecule has 0 bridgehead atoms. The van der Waals surface area contributed by atoms with Crippen molar-refractivity contribution in [3.63, 3.8) is 0 Å². The molecule has 3 nitrogen and oxygen atoms in total. The predicted octanol–water partition coefficient (Wildman–Crippen LogP) is 0.721. The lowest BCUT2D eigenvalue weighted by Crippen LogP contribution is -2.65. The number of thioether (sulfide) groups is 1. The fourth-order valence-corrected chi connectivity index (χ4v) is 2.55. The van der Waals surface area contributed by atoms with Crippen LogP contribution in [-0.2, 0) is 4.79 Å². The molecular weight excluding hydrogens is 208 g/mol. The third kappa shape index (κ3) is 1.49. The molecule has 2 rings (SSSR count). The van der Waals surface area contributed by atoms with Gasteiger partial charge in [0.15, 0.2) is 0 Å². The number of carbonyl (C=O) groups is 1. The zero-order valence-corrected chi connectivity index (χ0v) is 8.61. The molecule has 0 aromatic heterocycles. The van der Waals surface area contributed by atoms with Crippen molar-refractivity contribution in [2.75, 3.05) is 5.75 Å². The minimum absolute atomic E-state index is 0. The molecule has 0 aliphatic carbocycles. The van der Waals surface area contributed by atoms with Crippen LogP contribution in [0.4, 0.5) is 0 Å². The van der Waals surface area contributed by atoms with E-state index in [1.807, 2.05) is 6.20 Å². The van der Waals surface area contributed by atoms with Gasteiger partial charge in [-0.15, -0.1) is 24.2 Å². The Labute approximate surface area is 87.4 Å². The summed E-state index contributed by atoms with van der Waals surface area (Å²) < 4.78 is 0. The summed E-state index contributed by atoms with van der Waals surface area (Å²) in [5, 5.41) is 0.168. The lowest BCUT2D eigenvalue weighted by Gasteiger charge is -2.45. The molecule has 5 heteroatoms. The quantitative estimate of drug-likeness (QED) is 0.660. The lowest BCUT2D eigenvalue weighted by molar-refractivity contribution is -0.140. The first-order valence-corrected chi connectivity index (χ1v) is 4.81. The number of β-lactam (4-membered cyclic amide) rings is 1. The molecular formula is C8H11ClN2OS. The van der Waals surface area contributed by atoms with Gasteiger partial charge in [-0.25, -0.2) is 0 Å². The molecule has 2 aliphatic heterocycles. The number of nitrogens with two attached hydrogens (primary N) is 1. The van der Waals surface area contributed by atoms with Gasteiger partial charge in [0.2, 0.25) is 5.91 Å². The molecule has 72 valence electrons. The van der Waals surface area contributed by atoms with Crippen LogP contribution in [0.3, 0.4) is 0 Å². The van der Waals surface area contributed by atoms with Crippen LogP contribution < -0.4 is 5.73 Å². The van der Waals surface area contributed by atoms with Gasteiger partial charge < -0.3 is 10.6 Å². The van der Waals surface area contributed by atoms with Crippen molar-refractivity contribution in [1.82, 2.24) is 4.90 Å². The normalized spacial score (nSPS) is 31.0. The maximum Gasteiger partial charge on any atom is 0.247 e. The van der Waals surface area contributed by atoms with Gasteiger partial charge >= 0.3 is 0 Å². The second-order valence-corrected chi connectivity index (χ2v) is 3.99. The highest BCUT2D eigenvalue weighted by molar-refractivity contribution is 8.00. The summed E-state index contributed by atoms with van der Waals surface area (Å²) in [7, 11) is 0. The van der Waals surface area contributed by atoms with Gasteiger partial charge in [-0.2, -0.15) is 0 Å². The molecule has 2 N–H and O–H groups in total. The van der Waals surface area contributed by atoms with Crippen molar-refractivity contribution in [3.05, 3.63) is 24.4 Å². The van der Waals surface area contributed by atoms with Gasteiger partial charge in [0.1, 0.15) is 11.4 Å². The van der Waals surface area contributed by atoms with Gasteiger partial charge in [0.05, 0.1) is 0 Å². The predicted molar refractivity (Wildman–Crippen MR) is 56.6 cm³/mol. The van der Waals surface area contributed by atoms with E-state index in [0.29, 0.717) is 0 Å². The van der Waals surface area contributed by atoms with E-state index >= 15 is 0 Å². The fraction of sp³-hybridized carbons (Fsp3) is 0.375. The average Bonchev–Trinajstić information content (AvgIpc) is 2.15. The first-order chi connectivity index (χ1) is 5.74. The fourth-order valence-electron chi connectivity index (χ4n) is 1.34. The van der Waals surface area contributed by atoms with E-state index in [1.54, 1.807) is 22.7 Å². The third-order valence-electron chi connectivity index (χ3n) is 2.11. The summed E-state index contributed by atoms with van der Waals surface area (Å²) in [5.41, 5.74) is 6.69. The highest BCUT2D eigenvalue weighted by Crippen LogP contribution is 2.34. The van der Waals surface area contributed by atoms with Crippen molar-refractivity contribution in [2.45, 2.75) is 11.4 Å². The standard InChI is InChI=1S/C8H10N2OS.ClH/c1-2-5-3-10-7(11)6(9)8(10)12-4-5;/h2-3,6,8H,1,4,9H2;1H/t6?,8-;/m1./s1. The Morgan fingerprint density at radius 1 is 1.77 bits per heavy atom. The van der Waals surface area contributed by atoms with Gasteiger partial charge in [0.25, 0.3) is 0 Å². The number of hydrogen-bond acceptors (Lipinski definition) is 3. The summed E-state index contributed by atoms with van der Waals surface area (Å²) in [4.78, 5) is 12.9. The largest absolute Gasteiger partial charge is 0.317 e. The molecule has 2 atom stereocenters. The van der Waals surface area contributed by atoms with E-state index in [0.717, 1.165) is 11.3 Å². The zero-order valence-electron chi connectivity index (χ0n) is 6.97. The van der Waals surface area contributed by atoms with E-state index in [2.05, 4.69) is 6.58 Å². The number of fused-ring (bicyclic) bond motifs is 1. The number of halogens is 1. The molecule has 2 aliphatic rings. The Morgan fingerprint density at radius 3 is 3.08 bits per heavy atom. The first-order valence-electron chi connectivity index (χ1n) is 3.76. The van der Waals surface area contributed by atoms with Crippen molar-refractivity contribution in [1.29, 1.82) is 0 Å². The Morgan fingerprint density at radius 2 is 2.46 bits per heavy atom. The lowest BCUT2D eigenvalue weighted by atomic mass is 10.1. The van der Waals surface area contributed by atoms with Gasteiger partial charge in [-0.1, -0.05) is 12.7 Å². The molecule has 1 saturated heterocycles. The maximum absolute atomic E-state index is 11.2. The molecule has 0 spiro atoms. The molecule has 0 saturated carbocycles. The highest BCUT2D eigenvalue weighted by atomic mass is 35.5. The topological polar surface area (TPSA) is 46.3 Å². The molecule has 1 fully saturated rings. The van der Waals surface area contributed by atoms with Gasteiger partial charge in [-0.05, 0) is 5.57 Å². The maximum atomic E-state index is 11.2. The molecule has 2 heterocycles. The Kier molecular flexibility index (Phi) is 3.05. The van der Waals surface area contributed by atoms with E-state index in [9.17, 15) is 4.79 Å². The number of allylic oxidation sites excluding steroid dienone is 1. The Hall–Kier alpha value is -0.450. The van der Waals surface area contributed by atoms with Crippen molar-refractivity contribution < 1.29 is 4.79 Å². The number of rotatable bonds is 1. The van der Waals surface area contributed by atoms with Crippen molar-refractivity contribution in [2.24, 2.45) is 5.73 Å². The number of nitrogens with zero attached hydrogens (tertiary/aromatic N) is 1. The van der Waals surface area contributed by atoms with Crippen molar-refractivity contribution in [3.8, 4) is 0 Å². The molecule has 1 unspecified atom stereocenters. The van der Waals surface area contributed by atoms with Crippen LogP contribution in [0, 0.1) is 0 Å². The third-order valence-corrected chi connectivity index (χ3v) is 3.47. The summed E-state index contributed by atoms with van der Waals surface area (Å²) in [5.74, 6) is 0.928.